The van der Waals surface area contributed by atoms with E-state index in [0.717, 1.165) is 6.54 Å². The van der Waals surface area contributed by atoms with Crippen LogP contribution in [-0.2, 0) is 4.84 Å². The molecule has 1 aliphatic heterocycles. The van der Waals surface area contributed by atoms with Gasteiger partial charge in [-0.2, -0.15) is 0 Å². The molecule has 1 saturated heterocycles. The maximum atomic E-state index is 4.99. The zero-order chi connectivity index (χ0) is 7.40. The summed E-state index contributed by atoms with van der Waals surface area (Å²) in [6, 6.07) is 0. The molecule has 3 heteroatoms. The Morgan fingerprint density at radius 1 is 1.70 bits per heavy atom. The highest BCUT2D eigenvalue weighted by Gasteiger charge is 2.16. The van der Waals surface area contributed by atoms with Crippen molar-refractivity contribution in [3.63, 3.8) is 0 Å². The maximum absolute atomic E-state index is 4.99. The summed E-state index contributed by atoms with van der Waals surface area (Å²) in [5.74, 6) is 5.64. The van der Waals surface area contributed by atoms with Crippen molar-refractivity contribution in [3.05, 3.63) is 0 Å². The lowest BCUT2D eigenvalue weighted by molar-refractivity contribution is 0.0680. The summed E-state index contributed by atoms with van der Waals surface area (Å²) < 4.78 is 0. The van der Waals surface area contributed by atoms with Crippen LogP contribution in [0.2, 0.25) is 0 Å². The molecule has 0 saturated carbocycles. The molecule has 1 fully saturated rings. The second-order valence-electron chi connectivity index (χ2n) is 3.10. The van der Waals surface area contributed by atoms with Crippen molar-refractivity contribution >= 4 is 0 Å². The fourth-order valence-corrected chi connectivity index (χ4v) is 1.55. The van der Waals surface area contributed by atoms with Crippen LogP contribution in [0.5, 0.6) is 0 Å². The predicted molar refractivity (Wildman–Crippen MR) is 40.4 cm³/mol. The molecular weight excluding hydrogens is 128 g/mol. The number of hydrogen-bond acceptors (Lipinski definition) is 3. The number of likely N-dealkylation sites (tertiary alicyclic amines) is 1. The molecule has 1 aliphatic rings. The summed E-state index contributed by atoms with van der Waals surface area (Å²) in [7, 11) is 2.14. The van der Waals surface area contributed by atoms with Gasteiger partial charge in [-0.05, 0) is 32.4 Å². The lowest BCUT2D eigenvalue weighted by Gasteiger charge is -2.28. The lowest BCUT2D eigenvalue weighted by Crippen LogP contribution is -2.34. The molecule has 2 N–H and O–H groups in total. The van der Waals surface area contributed by atoms with Crippen molar-refractivity contribution in [2.45, 2.75) is 12.8 Å². The van der Waals surface area contributed by atoms with Crippen LogP contribution >= 0.6 is 0 Å². The minimum absolute atomic E-state index is 0.656. The van der Waals surface area contributed by atoms with Crippen LogP contribution in [0.25, 0.3) is 0 Å². The number of nitrogens with zero attached hydrogens (tertiary/aromatic N) is 1. The van der Waals surface area contributed by atoms with Crippen molar-refractivity contribution in [2.24, 2.45) is 11.8 Å². The molecule has 0 aliphatic carbocycles. The Morgan fingerprint density at radius 3 is 3.10 bits per heavy atom. The van der Waals surface area contributed by atoms with Crippen LogP contribution in [-0.4, -0.2) is 31.6 Å². The Bertz CT molecular complexity index is 95.6. The first-order valence-corrected chi connectivity index (χ1v) is 3.83. The van der Waals surface area contributed by atoms with Crippen molar-refractivity contribution < 1.29 is 4.84 Å². The fourth-order valence-electron chi connectivity index (χ4n) is 1.55. The average Bonchev–Trinajstić information content (AvgIpc) is 1.88. The molecule has 0 unspecified atom stereocenters. The summed E-state index contributed by atoms with van der Waals surface area (Å²) in [6.45, 7) is 3.07. The number of hydrogen-bond donors (Lipinski definition) is 1. The monoisotopic (exact) mass is 144 g/mol. The van der Waals surface area contributed by atoms with Gasteiger partial charge in [0.05, 0.1) is 6.61 Å². The fraction of sp³-hybridized carbons (Fsp3) is 1.00. The molecule has 0 amide bonds. The standard InChI is InChI=1S/C7H16N2O/c1-9-4-2-3-7(5-9)6-10-8/h7H,2-6,8H2,1H3/t7-/m1/s1. The zero-order valence-corrected chi connectivity index (χ0v) is 6.55. The normalized spacial score (nSPS) is 28.8. The Kier molecular flexibility index (Phi) is 3.12. The summed E-state index contributed by atoms with van der Waals surface area (Å²) >= 11 is 0. The van der Waals surface area contributed by atoms with E-state index in [-0.39, 0.29) is 0 Å². The molecule has 1 heterocycles. The molecule has 1 atom stereocenters. The highest BCUT2D eigenvalue weighted by atomic mass is 16.6. The van der Waals surface area contributed by atoms with Crippen LogP contribution < -0.4 is 5.90 Å². The summed E-state index contributed by atoms with van der Waals surface area (Å²) in [5.41, 5.74) is 0. The Labute approximate surface area is 62.1 Å². The first-order chi connectivity index (χ1) is 4.83. The predicted octanol–water partition coefficient (Wildman–Crippen LogP) is 0.219. The van der Waals surface area contributed by atoms with E-state index in [4.69, 9.17) is 5.90 Å². The summed E-state index contributed by atoms with van der Waals surface area (Å²) in [4.78, 5) is 6.93. The summed E-state index contributed by atoms with van der Waals surface area (Å²) in [6.07, 6.45) is 2.55. The molecule has 1 rings (SSSR count). The van der Waals surface area contributed by atoms with Gasteiger partial charge < -0.3 is 9.74 Å². The minimum atomic E-state index is 0.656. The van der Waals surface area contributed by atoms with Crippen molar-refractivity contribution in [3.8, 4) is 0 Å². The van der Waals surface area contributed by atoms with Crippen LogP contribution in [0, 0.1) is 5.92 Å². The van der Waals surface area contributed by atoms with Gasteiger partial charge in [0.25, 0.3) is 0 Å². The van der Waals surface area contributed by atoms with Crippen molar-refractivity contribution in [1.82, 2.24) is 4.90 Å². The van der Waals surface area contributed by atoms with Gasteiger partial charge in [0.15, 0.2) is 0 Å². The smallest absolute Gasteiger partial charge is 0.0719 e. The van der Waals surface area contributed by atoms with Gasteiger partial charge in [-0.3, -0.25) is 0 Å². The van der Waals surface area contributed by atoms with E-state index in [1.807, 2.05) is 0 Å². The highest BCUT2D eigenvalue weighted by Crippen LogP contribution is 2.14. The van der Waals surface area contributed by atoms with Gasteiger partial charge in [-0.1, -0.05) is 0 Å². The topological polar surface area (TPSA) is 38.5 Å². The number of piperidine rings is 1. The first kappa shape index (κ1) is 7.98. The molecule has 0 spiro atoms. The third-order valence-corrected chi connectivity index (χ3v) is 2.05. The number of rotatable bonds is 2. The summed E-state index contributed by atoms with van der Waals surface area (Å²) in [5, 5.41) is 0. The molecule has 0 bridgehead atoms. The Balaban J connectivity index is 2.18. The molecule has 10 heavy (non-hydrogen) atoms. The second kappa shape index (κ2) is 3.91. The van der Waals surface area contributed by atoms with Crippen LogP contribution in [0.3, 0.4) is 0 Å². The average molecular weight is 144 g/mol. The molecular formula is C7H16N2O. The van der Waals surface area contributed by atoms with E-state index in [1.165, 1.54) is 19.4 Å². The van der Waals surface area contributed by atoms with E-state index in [0.29, 0.717) is 12.5 Å². The highest BCUT2D eigenvalue weighted by molar-refractivity contribution is 4.69. The Morgan fingerprint density at radius 2 is 2.50 bits per heavy atom. The zero-order valence-electron chi connectivity index (χ0n) is 6.55. The van der Waals surface area contributed by atoms with E-state index < -0.39 is 0 Å². The van der Waals surface area contributed by atoms with Gasteiger partial charge in [-0.15, -0.1) is 0 Å². The van der Waals surface area contributed by atoms with E-state index >= 15 is 0 Å². The van der Waals surface area contributed by atoms with E-state index in [9.17, 15) is 0 Å². The number of nitrogens with two attached hydrogens (primary N) is 1. The molecule has 0 aromatic carbocycles. The van der Waals surface area contributed by atoms with Gasteiger partial charge in [0.1, 0.15) is 0 Å². The molecule has 60 valence electrons. The van der Waals surface area contributed by atoms with Crippen LogP contribution in [0.15, 0.2) is 0 Å². The van der Waals surface area contributed by atoms with Gasteiger partial charge in [0, 0.05) is 6.54 Å². The Hall–Kier alpha value is -0.120. The largest absolute Gasteiger partial charge is 0.306 e. The third kappa shape index (κ3) is 2.25. The van der Waals surface area contributed by atoms with Crippen molar-refractivity contribution in [2.75, 3.05) is 26.7 Å². The van der Waals surface area contributed by atoms with Crippen LogP contribution in [0.1, 0.15) is 12.8 Å². The maximum Gasteiger partial charge on any atom is 0.0719 e. The second-order valence-corrected chi connectivity index (χ2v) is 3.10. The SMILES string of the molecule is CN1CCC[C@@H](CON)C1. The van der Waals surface area contributed by atoms with E-state index in [2.05, 4.69) is 16.8 Å². The minimum Gasteiger partial charge on any atom is -0.306 e. The van der Waals surface area contributed by atoms with Gasteiger partial charge >= 0.3 is 0 Å². The first-order valence-electron chi connectivity index (χ1n) is 3.83. The van der Waals surface area contributed by atoms with E-state index in [1.54, 1.807) is 0 Å². The third-order valence-electron chi connectivity index (χ3n) is 2.05. The van der Waals surface area contributed by atoms with Gasteiger partial charge in [0.2, 0.25) is 0 Å². The van der Waals surface area contributed by atoms with Crippen molar-refractivity contribution in [1.29, 1.82) is 0 Å². The molecule has 0 aromatic rings. The van der Waals surface area contributed by atoms with Crippen LogP contribution in [0.4, 0.5) is 0 Å². The molecule has 3 nitrogen and oxygen atoms in total. The lowest BCUT2D eigenvalue weighted by atomic mass is 10.00. The van der Waals surface area contributed by atoms with Gasteiger partial charge in [-0.25, -0.2) is 5.90 Å². The quantitative estimate of drug-likeness (QED) is 0.563. The molecule has 0 radical (unpaired) electrons. The molecule has 0 aromatic heterocycles.